The van der Waals surface area contributed by atoms with Crippen LogP contribution >= 0.6 is 22.9 Å². The Morgan fingerprint density at radius 1 is 0.885 bits per heavy atom. The largest absolute Gasteiger partial charge is 0.280 e. The quantitative estimate of drug-likeness (QED) is 0.624. The maximum atomic E-state index is 12.3. The van der Waals surface area contributed by atoms with Crippen LogP contribution in [-0.2, 0) is 20.0 Å². The lowest BCUT2D eigenvalue weighted by molar-refractivity contribution is 0.600. The smallest absolute Gasteiger partial charge is 0.264 e. The van der Waals surface area contributed by atoms with Crippen LogP contribution in [0.15, 0.2) is 70.0 Å². The Hall–Kier alpha value is -2.14. The van der Waals surface area contributed by atoms with Crippen LogP contribution in [0.1, 0.15) is 0 Å². The molecule has 0 unspecified atom stereocenters. The summed E-state index contributed by atoms with van der Waals surface area (Å²) >= 11 is 6.96. The first-order chi connectivity index (χ1) is 12.3. The molecule has 136 valence electrons. The summed E-state index contributed by atoms with van der Waals surface area (Å²) in [6.45, 7) is 0. The van der Waals surface area contributed by atoms with Crippen LogP contribution in [0.2, 0.25) is 4.34 Å². The van der Waals surface area contributed by atoms with Crippen LogP contribution in [0.5, 0.6) is 0 Å². The van der Waals surface area contributed by atoms with Gasteiger partial charge in [-0.05, 0) is 47.8 Å². The predicted molar refractivity (Wildman–Crippen MR) is 102 cm³/mol. The number of nitrogens with zero attached hydrogens (tertiary/aromatic N) is 1. The molecule has 7 nitrogen and oxygen atoms in total. The molecule has 26 heavy (non-hydrogen) atoms. The van der Waals surface area contributed by atoms with Crippen LogP contribution in [0.3, 0.4) is 0 Å². The second-order valence-corrected chi connectivity index (χ2v) is 9.89. The molecule has 2 heterocycles. The summed E-state index contributed by atoms with van der Waals surface area (Å²) < 4.78 is 54.1. The fourth-order valence-corrected chi connectivity index (χ4v) is 5.67. The molecule has 0 saturated carbocycles. The molecular weight excluding hydrogens is 418 g/mol. The summed E-state index contributed by atoms with van der Waals surface area (Å²) in [5.41, 5.74) is 0.539. The second kappa shape index (κ2) is 7.23. The van der Waals surface area contributed by atoms with Crippen molar-refractivity contribution in [1.82, 2.24) is 4.98 Å². The number of anilines is 2. The van der Waals surface area contributed by atoms with Gasteiger partial charge in [0.15, 0.2) is 0 Å². The highest BCUT2D eigenvalue weighted by molar-refractivity contribution is 7.93. The van der Waals surface area contributed by atoms with E-state index in [0.29, 0.717) is 5.69 Å². The van der Waals surface area contributed by atoms with Gasteiger partial charge in [0.25, 0.3) is 20.0 Å². The molecule has 0 saturated heterocycles. The molecule has 2 aromatic heterocycles. The number of nitrogens with one attached hydrogen (secondary N) is 2. The molecule has 3 rings (SSSR count). The molecule has 0 spiro atoms. The summed E-state index contributed by atoms with van der Waals surface area (Å²) in [5, 5.41) is 1.57. The zero-order valence-electron chi connectivity index (χ0n) is 13.0. The van der Waals surface area contributed by atoms with Crippen LogP contribution in [0.4, 0.5) is 11.4 Å². The van der Waals surface area contributed by atoms with Crippen LogP contribution < -0.4 is 9.44 Å². The van der Waals surface area contributed by atoms with Crippen LogP contribution in [0, 0.1) is 0 Å². The van der Waals surface area contributed by atoms with E-state index in [1.165, 1.54) is 42.7 Å². The molecule has 0 aliphatic carbocycles. The Labute approximate surface area is 159 Å². The predicted octanol–water partition coefficient (Wildman–Crippen LogP) is 3.40. The molecular formula is C15H12ClN3O4S3. The van der Waals surface area contributed by atoms with Gasteiger partial charge in [-0.3, -0.25) is 14.4 Å². The highest BCUT2D eigenvalue weighted by Crippen LogP contribution is 2.29. The fraction of sp³-hybridized carbons (Fsp3) is 0. The summed E-state index contributed by atoms with van der Waals surface area (Å²) in [6, 6.07) is 9.87. The lowest BCUT2D eigenvalue weighted by Gasteiger charge is -2.10. The molecule has 0 aliphatic heterocycles. The molecule has 2 N–H and O–H groups in total. The molecule has 0 radical (unpaired) electrons. The molecule has 0 amide bonds. The topological polar surface area (TPSA) is 105 Å². The van der Waals surface area contributed by atoms with E-state index in [0.717, 1.165) is 11.3 Å². The zero-order valence-corrected chi connectivity index (χ0v) is 16.2. The number of benzene rings is 1. The van der Waals surface area contributed by atoms with Gasteiger partial charge in [0, 0.05) is 11.9 Å². The van der Waals surface area contributed by atoms with Crippen molar-refractivity contribution in [2.24, 2.45) is 0 Å². The lowest BCUT2D eigenvalue weighted by atomic mass is 10.3. The van der Waals surface area contributed by atoms with Crippen molar-refractivity contribution in [2.75, 3.05) is 9.44 Å². The maximum Gasteiger partial charge on any atom is 0.264 e. The van der Waals surface area contributed by atoms with Crippen LogP contribution in [0.25, 0.3) is 0 Å². The minimum absolute atomic E-state index is 0.0159. The Balaban J connectivity index is 1.79. The maximum absolute atomic E-state index is 12.3. The van der Waals surface area contributed by atoms with E-state index in [-0.39, 0.29) is 19.8 Å². The van der Waals surface area contributed by atoms with E-state index in [9.17, 15) is 16.8 Å². The minimum atomic E-state index is -3.84. The molecule has 0 fully saturated rings. The third-order valence-electron chi connectivity index (χ3n) is 3.20. The van der Waals surface area contributed by atoms with Crippen molar-refractivity contribution in [3.8, 4) is 0 Å². The number of hydrogen-bond donors (Lipinski definition) is 2. The second-order valence-electron chi connectivity index (χ2n) is 5.04. The number of hydrogen-bond acceptors (Lipinski definition) is 6. The standard InChI is InChI=1S/C15H12ClN3O4S3/c16-15-14(7-9-24-15)26(22,23)18-11-3-5-13(6-4-11)25(20,21)19-12-2-1-8-17-10-12/h1-10,18-19H. The Kier molecular flexibility index (Phi) is 5.19. The highest BCUT2D eigenvalue weighted by Gasteiger charge is 2.20. The van der Waals surface area contributed by atoms with Crippen molar-refractivity contribution in [1.29, 1.82) is 0 Å². The van der Waals surface area contributed by atoms with Gasteiger partial charge in [0.05, 0.1) is 16.8 Å². The van der Waals surface area contributed by atoms with Crippen molar-refractivity contribution in [3.05, 3.63) is 64.6 Å². The molecule has 0 aliphatic rings. The Morgan fingerprint density at radius 2 is 1.58 bits per heavy atom. The highest BCUT2D eigenvalue weighted by atomic mass is 35.5. The number of halogens is 1. The van der Waals surface area contributed by atoms with Crippen molar-refractivity contribution in [3.63, 3.8) is 0 Å². The Bertz CT molecular complexity index is 1110. The van der Waals surface area contributed by atoms with Crippen molar-refractivity contribution in [2.45, 2.75) is 9.79 Å². The van der Waals surface area contributed by atoms with E-state index < -0.39 is 20.0 Å². The average Bonchev–Trinajstić information content (AvgIpc) is 3.02. The SMILES string of the molecule is O=S(=O)(Nc1cccnc1)c1ccc(NS(=O)(=O)c2ccsc2Cl)cc1. The first-order valence-corrected chi connectivity index (χ1v) is 11.3. The molecule has 0 bridgehead atoms. The summed E-state index contributed by atoms with van der Waals surface area (Å²) in [6.07, 6.45) is 2.91. The van der Waals surface area contributed by atoms with Gasteiger partial charge in [-0.15, -0.1) is 11.3 Å². The zero-order chi connectivity index (χ0) is 18.8. The lowest BCUT2D eigenvalue weighted by Crippen LogP contribution is -2.14. The van der Waals surface area contributed by atoms with Gasteiger partial charge in [0.1, 0.15) is 9.23 Å². The fourth-order valence-electron chi connectivity index (χ4n) is 2.02. The van der Waals surface area contributed by atoms with E-state index >= 15 is 0 Å². The third kappa shape index (κ3) is 4.15. The van der Waals surface area contributed by atoms with Gasteiger partial charge in [-0.2, -0.15) is 0 Å². The first-order valence-electron chi connectivity index (χ1n) is 7.07. The monoisotopic (exact) mass is 429 g/mol. The number of thiophene rings is 1. The van der Waals surface area contributed by atoms with E-state index in [4.69, 9.17) is 11.6 Å². The van der Waals surface area contributed by atoms with E-state index in [2.05, 4.69) is 14.4 Å². The van der Waals surface area contributed by atoms with Gasteiger partial charge in [-0.25, -0.2) is 16.8 Å². The molecule has 3 aromatic rings. The van der Waals surface area contributed by atoms with E-state index in [1.54, 1.807) is 17.5 Å². The van der Waals surface area contributed by atoms with Gasteiger partial charge in [0.2, 0.25) is 0 Å². The average molecular weight is 430 g/mol. The normalized spacial score (nSPS) is 11.9. The number of aromatic nitrogens is 1. The minimum Gasteiger partial charge on any atom is -0.280 e. The van der Waals surface area contributed by atoms with Gasteiger partial charge in [-0.1, -0.05) is 11.6 Å². The van der Waals surface area contributed by atoms with Gasteiger partial charge < -0.3 is 0 Å². The summed E-state index contributed by atoms with van der Waals surface area (Å²) in [7, 11) is -7.65. The number of rotatable bonds is 6. The van der Waals surface area contributed by atoms with Crippen LogP contribution in [-0.4, -0.2) is 21.8 Å². The summed E-state index contributed by atoms with van der Waals surface area (Å²) in [5.74, 6) is 0. The third-order valence-corrected chi connectivity index (χ3v) is 7.44. The molecule has 1 aromatic carbocycles. The van der Waals surface area contributed by atoms with Crippen molar-refractivity contribution >= 4 is 54.4 Å². The van der Waals surface area contributed by atoms with Crippen molar-refractivity contribution < 1.29 is 16.8 Å². The number of sulfonamides is 2. The summed E-state index contributed by atoms with van der Waals surface area (Å²) in [4.78, 5) is 3.79. The number of pyridine rings is 1. The Morgan fingerprint density at radius 3 is 2.15 bits per heavy atom. The molecule has 11 heteroatoms. The van der Waals surface area contributed by atoms with E-state index in [1.807, 2.05) is 0 Å². The molecule has 0 atom stereocenters. The first kappa shape index (κ1) is 18.6. The van der Waals surface area contributed by atoms with Gasteiger partial charge >= 0.3 is 0 Å².